The molecule has 2 aromatic carbocycles. The average Bonchev–Trinajstić information content (AvgIpc) is 3.63. The van der Waals surface area contributed by atoms with Crippen LogP contribution in [0.4, 0.5) is 17.1 Å². The molecule has 1 unspecified atom stereocenters. The van der Waals surface area contributed by atoms with E-state index in [0.717, 1.165) is 17.5 Å². The van der Waals surface area contributed by atoms with Gasteiger partial charge < -0.3 is 25.0 Å². The number of nitriles is 1. The Bertz CT molecular complexity index is 1830. The van der Waals surface area contributed by atoms with Crippen LogP contribution >= 0.6 is 11.6 Å². The van der Waals surface area contributed by atoms with Gasteiger partial charge in [-0.25, -0.2) is 0 Å². The number of likely N-dealkylation sites (N-methyl/N-ethyl adjacent to an activating group) is 1. The molecule has 0 bridgehead atoms. The summed E-state index contributed by atoms with van der Waals surface area (Å²) in [5.74, 6) is 2.30. The second-order valence-electron chi connectivity index (χ2n) is 12.5. The summed E-state index contributed by atoms with van der Waals surface area (Å²) in [4.78, 5) is 26.7. The molecule has 0 spiro atoms. The Kier molecular flexibility index (Phi) is 10.4. The summed E-state index contributed by atoms with van der Waals surface area (Å²) in [7, 11) is 4.34. The summed E-state index contributed by atoms with van der Waals surface area (Å²) < 4.78 is 11.8. The van der Waals surface area contributed by atoms with Crippen molar-refractivity contribution in [1.82, 2.24) is 19.8 Å². The number of ether oxygens (including phenoxy) is 2. The number of hydrogen-bond acceptors (Lipinski definition) is 9. The molecule has 3 heterocycles. The molecule has 2 aromatic heterocycles. The highest BCUT2D eigenvalue weighted by Gasteiger charge is 2.40. The van der Waals surface area contributed by atoms with E-state index >= 15 is 0 Å². The number of carbonyl (C=O) groups is 1. The van der Waals surface area contributed by atoms with Gasteiger partial charge in [-0.15, -0.1) is 0 Å². The Morgan fingerprint density at radius 2 is 1.94 bits per heavy atom. The summed E-state index contributed by atoms with van der Waals surface area (Å²) in [5.41, 5.74) is 3.39. The Morgan fingerprint density at radius 1 is 1.12 bits per heavy atom. The number of likely N-dealkylation sites (tertiary alicyclic amines) is 1. The number of halogens is 1. The minimum absolute atomic E-state index is 0.263. The second kappa shape index (κ2) is 15.0. The number of nitrogens with zero attached hydrogens (tertiary/aromatic N) is 5. The molecule has 11 heteroatoms. The average molecular weight is 666 g/mol. The fourth-order valence-electron chi connectivity index (χ4n) is 6.80. The van der Waals surface area contributed by atoms with Crippen LogP contribution in [-0.2, 0) is 11.4 Å². The normalized spacial score (nSPS) is 19.0. The number of pyridine rings is 2. The van der Waals surface area contributed by atoms with Gasteiger partial charge in [0.05, 0.1) is 39.8 Å². The van der Waals surface area contributed by atoms with Crippen LogP contribution in [0, 0.1) is 23.2 Å². The number of anilines is 3. The number of rotatable bonds is 12. The van der Waals surface area contributed by atoms with Gasteiger partial charge in [-0.1, -0.05) is 23.7 Å². The summed E-state index contributed by atoms with van der Waals surface area (Å²) in [6.45, 7) is 5.64. The lowest BCUT2D eigenvalue weighted by atomic mass is 10.0. The van der Waals surface area contributed by atoms with Gasteiger partial charge >= 0.3 is 0 Å². The quantitative estimate of drug-likeness (QED) is 0.161. The lowest BCUT2D eigenvalue weighted by molar-refractivity contribution is -0.111. The summed E-state index contributed by atoms with van der Waals surface area (Å²) >= 11 is 6.58. The van der Waals surface area contributed by atoms with Gasteiger partial charge in [0.15, 0.2) is 0 Å². The van der Waals surface area contributed by atoms with Gasteiger partial charge in [-0.2, -0.15) is 5.26 Å². The van der Waals surface area contributed by atoms with Crippen LogP contribution in [0.3, 0.4) is 0 Å². The molecule has 2 aliphatic rings. The molecule has 2 N–H and O–H groups in total. The van der Waals surface area contributed by atoms with Crippen LogP contribution in [-0.4, -0.2) is 72.1 Å². The van der Waals surface area contributed by atoms with Crippen molar-refractivity contribution < 1.29 is 14.3 Å². The topological polar surface area (TPSA) is 116 Å². The first kappa shape index (κ1) is 33.2. The number of fused-ring (bicyclic) bond motifs is 2. The molecule has 10 nitrogen and oxygen atoms in total. The molecule has 48 heavy (non-hydrogen) atoms. The van der Waals surface area contributed by atoms with Crippen molar-refractivity contribution in [3.63, 3.8) is 0 Å². The zero-order valence-electron chi connectivity index (χ0n) is 27.4. The minimum atomic E-state index is -0.263. The van der Waals surface area contributed by atoms with Gasteiger partial charge in [-0.3, -0.25) is 19.7 Å². The van der Waals surface area contributed by atoms with E-state index in [0.29, 0.717) is 69.2 Å². The third kappa shape index (κ3) is 7.71. The van der Waals surface area contributed by atoms with E-state index < -0.39 is 0 Å². The first-order valence-corrected chi connectivity index (χ1v) is 16.6. The number of nitrogens with one attached hydrogen (secondary N) is 2. The van der Waals surface area contributed by atoms with Crippen LogP contribution in [0.5, 0.6) is 11.5 Å². The van der Waals surface area contributed by atoms with Gasteiger partial charge in [0.25, 0.3) is 0 Å². The Labute approximate surface area is 286 Å². The number of amides is 1. The zero-order valence-corrected chi connectivity index (χ0v) is 28.2. The molecule has 1 saturated carbocycles. The number of carbonyl (C=O) groups excluding carboxylic acids is 1. The van der Waals surface area contributed by atoms with Crippen molar-refractivity contribution >= 4 is 45.5 Å². The minimum Gasteiger partial charge on any atom is -0.492 e. The van der Waals surface area contributed by atoms with Crippen molar-refractivity contribution in [3.05, 3.63) is 89.4 Å². The molecular formula is C37H40ClN7O3. The fourth-order valence-corrected chi connectivity index (χ4v) is 7.03. The highest BCUT2D eigenvalue weighted by Crippen LogP contribution is 2.40. The second-order valence-corrected chi connectivity index (χ2v) is 12.9. The molecule has 3 atom stereocenters. The predicted octanol–water partition coefficient (Wildman–Crippen LogP) is 6.64. The maximum Gasteiger partial charge on any atom is 0.248 e. The summed E-state index contributed by atoms with van der Waals surface area (Å²) in [6.07, 6.45) is 9.13. The van der Waals surface area contributed by atoms with E-state index in [-0.39, 0.29) is 12.5 Å². The largest absolute Gasteiger partial charge is 0.492 e. The molecule has 1 saturated heterocycles. The molecule has 1 aliphatic carbocycles. The van der Waals surface area contributed by atoms with Crippen LogP contribution in [0.2, 0.25) is 5.02 Å². The first-order chi connectivity index (χ1) is 23.3. The number of hydrogen-bond donors (Lipinski definition) is 2. The number of aromatic nitrogens is 2. The van der Waals surface area contributed by atoms with Crippen molar-refractivity contribution in [2.24, 2.45) is 11.8 Å². The van der Waals surface area contributed by atoms with Crippen molar-refractivity contribution in [2.75, 3.05) is 51.0 Å². The standard InChI is InChI=1S/C37H40ClN7O3/c1-4-47-35-18-32-30(17-33(35)43-36(46)9-7-13-45(3)29-14-24-21-44(2)22-25(24)15-29)37(26(19-39)20-41-32)42-27-10-11-34(31(38)16-27)48-23-28-8-5-6-12-40-28/h5-12,16-18,20,24-25,29H,4,13-15,21-23H2,1-3H3,(H,41,42)(H,43,46)/b9-7+/t24-,25+,29?. The van der Waals surface area contributed by atoms with Crippen LogP contribution < -0.4 is 20.1 Å². The predicted molar refractivity (Wildman–Crippen MR) is 189 cm³/mol. The molecule has 2 fully saturated rings. The van der Waals surface area contributed by atoms with Crippen LogP contribution in [0.25, 0.3) is 10.9 Å². The van der Waals surface area contributed by atoms with Crippen LogP contribution in [0.15, 0.2) is 73.1 Å². The van der Waals surface area contributed by atoms with Gasteiger partial charge in [0, 0.05) is 61.3 Å². The highest BCUT2D eigenvalue weighted by atomic mass is 35.5. The molecule has 248 valence electrons. The van der Waals surface area contributed by atoms with E-state index in [2.05, 4.69) is 50.6 Å². The third-order valence-corrected chi connectivity index (χ3v) is 9.44. The van der Waals surface area contributed by atoms with Gasteiger partial charge in [0.2, 0.25) is 5.91 Å². The zero-order chi connectivity index (χ0) is 33.6. The Balaban J connectivity index is 1.17. The van der Waals surface area contributed by atoms with Crippen molar-refractivity contribution in [2.45, 2.75) is 32.4 Å². The lowest BCUT2D eigenvalue weighted by Crippen LogP contribution is -2.31. The lowest BCUT2D eigenvalue weighted by Gasteiger charge is -2.24. The summed E-state index contributed by atoms with van der Waals surface area (Å²) in [6, 6.07) is 17.3. The van der Waals surface area contributed by atoms with Gasteiger partial charge in [0.1, 0.15) is 24.2 Å². The van der Waals surface area contributed by atoms with E-state index in [1.54, 1.807) is 36.5 Å². The molecule has 0 radical (unpaired) electrons. The smallest absolute Gasteiger partial charge is 0.248 e. The Morgan fingerprint density at radius 3 is 2.65 bits per heavy atom. The maximum absolute atomic E-state index is 13.1. The van der Waals surface area contributed by atoms with E-state index in [4.69, 9.17) is 21.1 Å². The Hall–Kier alpha value is -4.69. The van der Waals surface area contributed by atoms with Crippen LogP contribution in [0.1, 0.15) is 31.0 Å². The molecule has 1 amide bonds. The molecule has 1 aliphatic heterocycles. The van der Waals surface area contributed by atoms with E-state index in [1.165, 1.54) is 32.1 Å². The van der Waals surface area contributed by atoms with E-state index in [1.807, 2.05) is 37.3 Å². The molecule has 6 rings (SSSR count). The number of benzene rings is 2. The third-order valence-electron chi connectivity index (χ3n) is 9.15. The molecule has 4 aromatic rings. The monoisotopic (exact) mass is 665 g/mol. The van der Waals surface area contributed by atoms with Crippen molar-refractivity contribution in [1.29, 1.82) is 5.26 Å². The SMILES string of the molecule is CCOc1cc2ncc(C#N)c(Nc3ccc(OCc4ccccn4)c(Cl)c3)c2cc1NC(=O)/C=C/CN(C)C1C[C@@H]2CN(C)C[C@@H]2C1. The fraction of sp³-hybridized carbons (Fsp3) is 0.351. The highest BCUT2D eigenvalue weighted by molar-refractivity contribution is 6.32. The van der Waals surface area contributed by atoms with Gasteiger partial charge in [-0.05, 0) is 82.1 Å². The van der Waals surface area contributed by atoms with Crippen molar-refractivity contribution in [3.8, 4) is 17.6 Å². The van der Waals surface area contributed by atoms with E-state index in [9.17, 15) is 10.1 Å². The molecular weight excluding hydrogens is 626 g/mol. The maximum atomic E-state index is 13.1. The summed E-state index contributed by atoms with van der Waals surface area (Å²) in [5, 5.41) is 17.3. The first-order valence-electron chi connectivity index (χ1n) is 16.3.